The molecule has 0 radical (unpaired) electrons. The number of aliphatic hydroxyl groups is 1. The summed E-state index contributed by atoms with van der Waals surface area (Å²) in [6.45, 7) is 2.59. The topological polar surface area (TPSA) is 41.9 Å². The van der Waals surface area contributed by atoms with Gasteiger partial charge in [0.05, 0.1) is 19.3 Å². The van der Waals surface area contributed by atoms with E-state index in [1.807, 2.05) is 0 Å². The van der Waals surface area contributed by atoms with E-state index >= 15 is 0 Å². The Morgan fingerprint density at radius 3 is 2.47 bits per heavy atom. The van der Waals surface area contributed by atoms with E-state index in [0.717, 1.165) is 19.5 Å². The number of benzene rings is 1. The van der Waals surface area contributed by atoms with Crippen molar-refractivity contribution >= 4 is 0 Å². The summed E-state index contributed by atoms with van der Waals surface area (Å²) in [6.07, 6.45) is 1.15. The van der Waals surface area contributed by atoms with Crippen LogP contribution in [-0.2, 0) is 22.6 Å². The third-order valence-electron chi connectivity index (χ3n) is 3.75. The first-order valence-electron chi connectivity index (χ1n) is 6.71. The number of rotatable bonds is 6. The molecule has 1 heterocycles. The van der Waals surface area contributed by atoms with Crippen LogP contribution < -0.4 is 0 Å². The summed E-state index contributed by atoms with van der Waals surface area (Å²) >= 11 is 0. The monoisotopic (exact) mass is 265 g/mol. The van der Waals surface area contributed by atoms with E-state index in [4.69, 9.17) is 9.47 Å². The Morgan fingerprint density at radius 2 is 1.89 bits per heavy atom. The molecule has 4 nitrogen and oxygen atoms in total. The van der Waals surface area contributed by atoms with Crippen LogP contribution in [0.15, 0.2) is 24.3 Å². The third kappa shape index (κ3) is 3.76. The fourth-order valence-corrected chi connectivity index (χ4v) is 2.63. The highest BCUT2D eigenvalue weighted by Crippen LogP contribution is 2.22. The molecule has 1 saturated heterocycles. The molecule has 0 saturated carbocycles. The minimum atomic E-state index is 0.196. The minimum absolute atomic E-state index is 0.196. The van der Waals surface area contributed by atoms with E-state index < -0.39 is 0 Å². The van der Waals surface area contributed by atoms with Crippen LogP contribution in [0, 0.1) is 0 Å². The zero-order chi connectivity index (χ0) is 13.7. The molecule has 0 bridgehead atoms. The lowest BCUT2D eigenvalue weighted by Crippen LogP contribution is -2.31. The van der Waals surface area contributed by atoms with E-state index in [9.17, 15) is 5.11 Å². The van der Waals surface area contributed by atoms with E-state index in [1.165, 1.54) is 11.1 Å². The standard InChI is InChI=1S/C15H23NO3/c1-18-11-13-5-3-12(4-6-13)8-16-9-15(19-2)7-14(16)10-17/h3-6,14-15,17H,7-11H2,1-2H3/t14-,15-/m0/s1. The number of nitrogens with zero attached hydrogens (tertiary/aromatic N) is 1. The summed E-state index contributed by atoms with van der Waals surface area (Å²) in [6, 6.07) is 8.66. The summed E-state index contributed by atoms with van der Waals surface area (Å²) in [5.74, 6) is 0. The molecule has 1 aliphatic rings. The van der Waals surface area contributed by atoms with E-state index in [0.29, 0.717) is 6.61 Å². The fraction of sp³-hybridized carbons (Fsp3) is 0.600. The van der Waals surface area contributed by atoms with Crippen LogP contribution in [0.3, 0.4) is 0 Å². The molecule has 106 valence electrons. The van der Waals surface area contributed by atoms with Crippen LogP contribution in [0.5, 0.6) is 0 Å². The predicted molar refractivity (Wildman–Crippen MR) is 73.9 cm³/mol. The molecule has 1 aromatic rings. The minimum Gasteiger partial charge on any atom is -0.395 e. The summed E-state index contributed by atoms with van der Waals surface area (Å²) < 4.78 is 10.5. The molecule has 0 spiro atoms. The van der Waals surface area contributed by atoms with Crippen molar-refractivity contribution in [3.05, 3.63) is 35.4 Å². The molecule has 19 heavy (non-hydrogen) atoms. The quantitative estimate of drug-likeness (QED) is 0.844. The van der Waals surface area contributed by atoms with Crippen molar-refractivity contribution in [2.75, 3.05) is 27.4 Å². The first-order valence-corrected chi connectivity index (χ1v) is 6.71. The molecule has 0 unspecified atom stereocenters. The van der Waals surface area contributed by atoms with Crippen LogP contribution >= 0.6 is 0 Å². The molecule has 0 amide bonds. The highest BCUT2D eigenvalue weighted by molar-refractivity contribution is 5.22. The van der Waals surface area contributed by atoms with E-state index in [1.54, 1.807) is 14.2 Å². The van der Waals surface area contributed by atoms with Gasteiger partial charge in [-0.25, -0.2) is 0 Å². The normalized spacial score (nSPS) is 23.9. The zero-order valence-electron chi connectivity index (χ0n) is 11.7. The average molecular weight is 265 g/mol. The Balaban J connectivity index is 1.96. The maximum absolute atomic E-state index is 9.43. The Hall–Kier alpha value is -0.940. The van der Waals surface area contributed by atoms with Gasteiger partial charge in [0.15, 0.2) is 0 Å². The molecule has 0 aromatic heterocycles. The van der Waals surface area contributed by atoms with Gasteiger partial charge in [0.2, 0.25) is 0 Å². The van der Waals surface area contributed by atoms with Crippen molar-refractivity contribution in [2.45, 2.75) is 31.7 Å². The first-order chi connectivity index (χ1) is 9.26. The van der Waals surface area contributed by atoms with Crippen LogP contribution in [0.2, 0.25) is 0 Å². The fourth-order valence-electron chi connectivity index (χ4n) is 2.63. The van der Waals surface area contributed by atoms with Crippen molar-refractivity contribution in [1.29, 1.82) is 0 Å². The van der Waals surface area contributed by atoms with Crippen LogP contribution in [0.1, 0.15) is 17.5 Å². The molecule has 2 atom stereocenters. The lowest BCUT2D eigenvalue weighted by Gasteiger charge is -2.22. The molecular weight excluding hydrogens is 242 g/mol. The van der Waals surface area contributed by atoms with Crippen molar-refractivity contribution < 1.29 is 14.6 Å². The van der Waals surface area contributed by atoms with Gasteiger partial charge in [-0.05, 0) is 17.5 Å². The van der Waals surface area contributed by atoms with Crippen LogP contribution in [-0.4, -0.2) is 49.5 Å². The Morgan fingerprint density at radius 1 is 1.21 bits per heavy atom. The lowest BCUT2D eigenvalue weighted by molar-refractivity contribution is 0.107. The first kappa shape index (κ1) is 14.5. The molecular formula is C15H23NO3. The van der Waals surface area contributed by atoms with Gasteiger partial charge < -0.3 is 14.6 Å². The molecule has 1 fully saturated rings. The second-order valence-electron chi connectivity index (χ2n) is 5.11. The van der Waals surface area contributed by atoms with E-state index in [2.05, 4.69) is 29.2 Å². The second-order valence-corrected chi connectivity index (χ2v) is 5.11. The number of likely N-dealkylation sites (tertiary alicyclic amines) is 1. The highest BCUT2D eigenvalue weighted by atomic mass is 16.5. The highest BCUT2D eigenvalue weighted by Gasteiger charge is 2.31. The number of hydrogen-bond donors (Lipinski definition) is 1. The van der Waals surface area contributed by atoms with Gasteiger partial charge >= 0.3 is 0 Å². The number of ether oxygens (including phenoxy) is 2. The maximum atomic E-state index is 9.43. The number of methoxy groups -OCH3 is 2. The lowest BCUT2D eigenvalue weighted by atomic mass is 10.1. The van der Waals surface area contributed by atoms with Crippen molar-refractivity contribution in [2.24, 2.45) is 0 Å². The van der Waals surface area contributed by atoms with Gasteiger partial charge in [0, 0.05) is 33.4 Å². The van der Waals surface area contributed by atoms with Crippen molar-refractivity contribution in [1.82, 2.24) is 4.90 Å². The molecule has 0 aliphatic carbocycles. The van der Waals surface area contributed by atoms with Gasteiger partial charge in [-0.2, -0.15) is 0 Å². The summed E-state index contributed by atoms with van der Waals surface area (Å²) in [5, 5.41) is 9.43. The molecule has 2 rings (SSSR count). The summed E-state index contributed by atoms with van der Waals surface area (Å²) in [5.41, 5.74) is 2.44. The number of hydrogen-bond acceptors (Lipinski definition) is 4. The van der Waals surface area contributed by atoms with Crippen molar-refractivity contribution in [3.63, 3.8) is 0 Å². The molecule has 1 aliphatic heterocycles. The van der Waals surface area contributed by atoms with Gasteiger partial charge in [-0.3, -0.25) is 4.90 Å². The largest absolute Gasteiger partial charge is 0.395 e. The molecule has 1 N–H and O–H groups in total. The molecule has 4 heteroatoms. The van der Waals surface area contributed by atoms with Crippen LogP contribution in [0.25, 0.3) is 0 Å². The maximum Gasteiger partial charge on any atom is 0.0714 e. The van der Waals surface area contributed by atoms with Crippen molar-refractivity contribution in [3.8, 4) is 0 Å². The third-order valence-corrected chi connectivity index (χ3v) is 3.75. The SMILES string of the molecule is COCc1ccc(CN2C[C@@H](OC)C[C@H]2CO)cc1. The Labute approximate surface area is 114 Å². The Bertz CT molecular complexity index is 379. The smallest absolute Gasteiger partial charge is 0.0714 e. The van der Waals surface area contributed by atoms with Gasteiger partial charge in [-0.15, -0.1) is 0 Å². The predicted octanol–water partition coefficient (Wildman–Crippen LogP) is 1.41. The van der Waals surface area contributed by atoms with Gasteiger partial charge in [0.1, 0.15) is 0 Å². The van der Waals surface area contributed by atoms with Gasteiger partial charge in [0.25, 0.3) is 0 Å². The zero-order valence-corrected chi connectivity index (χ0v) is 11.7. The summed E-state index contributed by atoms with van der Waals surface area (Å²) in [4.78, 5) is 2.29. The van der Waals surface area contributed by atoms with E-state index in [-0.39, 0.29) is 18.8 Å². The molecule has 1 aromatic carbocycles. The number of aliphatic hydroxyl groups excluding tert-OH is 1. The Kier molecular flexibility index (Phi) is 5.34. The second kappa shape index (κ2) is 7.01. The van der Waals surface area contributed by atoms with Crippen LogP contribution in [0.4, 0.5) is 0 Å². The van der Waals surface area contributed by atoms with Gasteiger partial charge in [-0.1, -0.05) is 24.3 Å². The summed E-state index contributed by atoms with van der Waals surface area (Å²) in [7, 11) is 3.44. The average Bonchev–Trinajstić information content (AvgIpc) is 2.83.